The molecule has 8 heteroatoms. The van der Waals surface area contributed by atoms with Crippen molar-refractivity contribution in [3.05, 3.63) is 62.5 Å². The summed E-state index contributed by atoms with van der Waals surface area (Å²) in [6, 6.07) is 8.76. The van der Waals surface area contributed by atoms with Crippen LogP contribution in [-0.2, 0) is 4.79 Å². The van der Waals surface area contributed by atoms with Gasteiger partial charge in [-0.05, 0) is 37.3 Å². The van der Waals surface area contributed by atoms with Crippen LogP contribution in [0.2, 0.25) is 0 Å². The number of rotatable bonds is 3. The largest absolute Gasteiger partial charge is 0.427 e. The summed E-state index contributed by atoms with van der Waals surface area (Å²) in [5.74, 6) is -0.238. The second-order valence-electron chi connectivity index (χ2n) is 5.34. The first-order valence-electron chi connectivity index (χ1n) is 7.24. The Kier molecular flexibility index (Phi) is 4.02. The molecule has 1 aromatic heterocycles. The summed E-state index contributed by atoms with van der Waals surface area (Å²) < 4.78 is 10.1. The highest BCUT2D eigenvalue weighted by Crippen LogP contribution is 2.26. The van der Waals surface area contributed by atoms with E-state index in [4.69, 9.17) is 9.15 Å². The minimum atomic E-state index is -0.648. The van der Waals surface area contributed by atoms with Gasteiger partial charge in [0.15, 0.2) is 0 Å². The Morgan fingerprint density at radius 2 is 2.00 bits per heavy atom. The van der Waals surface area contributed by atoms with Gasteiger partial charge in [-0.25, -0.2) is 9.78 Å². The Bertz CT molecular complexity index is 1070. The minimum absolute atomic E-state index is 0.0297. The van der Waals surface area contributed by atoms with Crippen LogP contribution in [0.5, 0.6) is 5.75 Å². The number of fused-ring (bicyclic) bond motifs is 1. The fourth-order valence-electron chi connectivity index (χ4n) is 2.40. The van der Waals surface area contributed by atoms with E-state index >= 15 is 0 Å². The number of nitro groups is 1. The number of hydrogen-bond donors (Lipinski definition) is 0. The third-order valence-electron chi connectivity index (χ3n) is 3.50. The molecular weight excluding hydrogens is 328 g/mol. The van der Waals surface area contributed by atoms with Gasteiger partial charge in [-0.2, -0.15) is 0 Å². The molecule has 0 aliphatic rings. The Morgan fingerprint density at radius 3 is 2.64 bits per heavy atom. The fourth-order valence-corrected chi connectivity index (χ4v) is 2.40. The smallest absolute Gasteiger partial charge is 0.347 e. The summed E-state index contributed by atoms with van der Waals surface area (Å²) in [6.45, 7) is 2.84. The molecule has 0 saturated heterocycles. The lowest BCUT2D eigenvalue weighted by Crippen LogP contribution is -2.05. The van der Waals surface area contributed by atoms with Crippen molar-refractivity contribution in [2.45, 2.75) is 13.8 Å². The van der Waals surface area contributed by atoms with Gasteiger partial charge in [-0.1, -0.05) is 0 Å². The number of nitro benzene ring substituents is 1. The van der Waals surface area contributed by atoms with E-state index in [1.807, 2.05) is 0 Å². The molecule has 126 valence electrons. The quantitative estimate of drug-likeness (QED) is 0.312. The summed E-state index contributed by atoms with van der Waals surface area (Å²) in [6.07, 6.45) is 0. The van der Waals surface area contributed by atoms with E-state index in [1.165, 1.54) is 43.3 Å². The molecule has 8 nitrogen and oxygen atoms in total. The maximum Gasteiger partial charge on any atom is 0.347 e. The van der Waals surface area contributed by atoms with Gasteiger partial charge in [0.1, 0.15) is 5.75 Å². The topological polar surface area (TPSA) is 113 Å². The number of aryl methyl sites for hydroxylation is 1. The SMILES string of the molecule is CC(=O)Oc1ccc2nc(-c3ccc([N+](=O)[O-])c(C)c3)oc(=O)c2c1. The van der Waals surface area contributed by atoms with Gasteiger partial charge < -0.3 is 9.15 Å². The predicted octanol–water partition coefficient (Wildman–Crippen LogP) is 3.00. The van der Waals surface area contributed by atoms with E-state index in [-0.39, 0.29) is 22.7 Å². The molecule has 0 saturated carbocycles. The third-order valence-corrected chi connectivity index (χ3v) is 3.50. The molecule has 0 aliphatic carbocycles. The molecular formula is C17H12N2O6. The van der Waals surface area contributed by atoms with Gasteiger partial charge in [-0.15, -0.1) is 0 Å². The third kappa shape index (κ3) is 3.23. The number of benzene rings is 2. The van der Waals surface area contributed by atoms with Crippen molar-refractivity contribution in [3.63, 3.8) is 0 Å². The van der Waals surface area contributed by atoms with Crippen molar-refractivity contribution in [1.29, 1.82) is 0 Å². The summed E-state index contributed by atoms with van der Waals surface area (Å²) in [5.41, 5.74) is 0.560. The summed E-state index contributed by atoms with van der Waals surface area (Å²) in [4.78, 5) is 37.9. The van der Waals surface area contributed by atoms with Crippen LogP contribution < -0.4 is 10.4 Å². The summed E-state index contributed by atoms with van der Waals surface area (Å²) in [7, 11) is 0. The highest BCUT2D eigenvalue weighted by atomic mass is 16.6. The highest BCUT2D eigenvalue weighted by molar-refractivity contribution is 5.81. The number of hydrogen-bond acceptors (Lipinski definition) is 7. The first-order valence-corrected chi connectivity index (χ1v) is 7.24. The maximum absolute atomic E-state index is 12.2. The fraction of sp³-hybridized carbons (Fsp3) is 0.118. The lowest BCUT2D eigenvalue weighted by Gasteiger charge is -2.05. The Labute approximate surface area is 140 Å². The van der Waals surface area contributed by atoms with Crippen LogP contribution in [-0.4, -0.2) is 15.9 Å². The Hall–Kier alpha value is -3.55. The van der Waals surface area contributed by atoms with Crippen LogP contribution in [0.1, 0.15) is 12.5 Å². The first kappa shape index (κ1) is 16.3. The summed E-state index contributed by atoms with van der Waals surface area (Å²) >= 11 is 0. The number of nitrogens with zero attached hydrogens (tertiary/aromatic N) is 2. The average Bonchev–Trinajstić information content (AvgIpc) is 2.54. The molecule has 1 heterocycles. The molecule has 0 amide bonds. The second-order valence-corrected chi connectivity index (χ2v) is 5.34. The van der Waals surface area contributed by atoms with Crippen LogP contribution in [0, 0.1) is 17.0 Å². The number of carbonyl (C=O) groups is 1. The maximum atomic E-state index is 12.2. The molecule has 25 heavy (non-hydrogen) atoms. The van der Waals surface area contributed by atoms with Crippen molar-refractivity contribution in [2.75, 3.05) is 0 Å². The molecule has 0 bridgehead atoms. The molecule has 0 radical (unpaired) electrons. The van der Waals surface area contributed by atoms with E-state index < -0.39 is 16.5 Å². The van der Waals surface area contributed by atoms with E-state index in [2.05, 4.69) is 4.98 Å². The van der Waals surface area contributed by atoms with Crippen LogP contribution in [0.15, 0.2) is 45.6 Å². The van der Waals surface area contributed by atoms with E-state index in [9.17, 15) is 19.7 Å². The lowest BCUT2D eigenvalue weighted by molar-refractivity contribution is -0.385. The first-order chi connectivity index (χ1) is 11.8. The molecule has 3 rings (SSSR count). The van der Waals surface area contributed by atoms with Gasteiger partial charge in [-0.3, -0.25) is 14.9 Å². The molecule has 0 N–H and O–H groups in total. The average molecular weight is 340 g/mol. The number of esters is 1. The van der Waals surface area contributed by atoms with E-state index in [1.54, 1.807) is 6.92 Å². The number of carbonyl (C=O) groups excluding carboxylic acids is 1. The van der Waals surface area contributed by atoms with Gasteiger partial charge in [0.25, 0.3) is 5.69 Å². The molecule has 0 fully saturated rings. The zero-order valence-corrected chi connectivity index (χ0v) is 13.3. The number of ether oxygens (including phenoxy) is 1. The van der Waals surface area contributed by atoms with E-state index in [0.29, 0.717) is 16.6 Å². The Morgan fingerprint density at radius 1 is 1.24 bits per heavy atom. The normalized spacial score (nSPS) is 10.6. The van der Waals surface area contributed by atoms with E-state index in [0.717, 1.165) is 0 Å². The van der Waals surface area contributed by atoms with Crippen molar-refractivity contribution >= 4 is 22.6 Å². The standard InChI is InChI=1S/C17H12N2O6/c1-9-7-11(3-6-15(9)19(22)23)16-18-14-5-4-12(24-10(2)20)8-13(14)17(21)25-16/h3-8H,1-2H3. The molecule has 0 atom stereocenters. The van der Waals surface area contributed by atoms with Crippen molar-refractivity contribution < 1.29 is 18.9 Å². The van der Waals surface area contributed by atoms with Gasteiger partial charge >= 0.3 is 11.6 Å². The summed E-state index contributed by atoms with van der Waals surface area (Å²) in [5, 5.41) is 11.1. The van der Waals surface area contributed by atoms with Gasteiger partial charge in [0.2, 0.25) is 5.89 Å². The van der Waals surface area contributed by atoms with Crippen molar-refractivity contribution in [2.24, 2.45) is 0 Å². The molecule has 0 aliphatic heterocycles. The zero-order valence-electron chi connectivity index (χ0n) is 13.3. The van der Waals surface area contributed by atoms with Gasteiger partial charge in [0.05, 0.1) is 15.8 Å². The second kappa shape index (κ2) is 6.16. The molecule has 0 unspecified atom stereocenters. The van der Waals surface area contributed by atoms with Crippen molar-refractivity contribution in [1.82, 2.24) is 4.98 Å². The highest BCUT2D eigenvalue weighted by Gasteiger charge is 2.15. The molecule has 2 aromatic carbocycles. The van der Waals surface area contributed by atoms with Crippen LogP contribution in [0.3, 0.4) is 0 Å². The van der Waals surface area contributed by atoms with Crippen LogP contribution >= 0.6 is 0 Å². The lowest BCUT2D eigenvalue weighted by atomic mass is 10.1. The minimum Gasteiger partial charge on any atom is -0.427 e. The van der Waals surface area contributed by atoms with Crippen LogP contribution in [0.25, 0.3) is 22.4 Å². The predicted molar refractivity (Wildman–Crippen MR) is 88.4 cm³/mol. The monoisotopic (exact) mass is 340 g/mol. The Balaban J connectivity index is 2.10. The zero-order chi connectivity index (χ0) is 18.1. The van der Waals surface area contributed by atoms with Crippen molar-refractivity contribution in [3.8, 4) is 17.2 Å². The molecule has 0 spiro atoms. The van der Waals surface area contributed by atoms with Gasteiger partial charge in [0, 0.05) is 24.1 Å². The molecule has 3 aromatic rings. The number of aromatic nitrogens is 1. The van der Waals surface area contributed by atoms with Crippen LogP contribution in [0.4, 0.5) is 5.69 Å².